The zero-order chi connectivity index (χ0) is 20.5. The highest BCUT2D eigenvalue weighted by molar-refractivity contribution is 5.53. The molecule has 0 spiro atoms. The molecule has 0 amide bonds. The number of aliphatic hydroxyl groups excluding tert-OH is 2. The molecule has 1 aromatic carbocycles. The van der Waals surface area contributed by atoms with Crippen LogP contribution in [0, 0.1) is 0 Å². The van der Waals surface area contributed by atoms with Crippen molar-refractivity contribution in [1.29, 1.82) is 0 Å². The summed E-state index contributed by atoms with van der Waals surface area (Å²) in [4.78, 5) is 0. The molecule has 6 heteroatoms. The SMILES string of the molecule is CCCCCOCC(O)CNc1ccc(NCC(O)COCCCCC)cc1. The van der Waals surface area contributed by atoms with Gasteiger partial charge < -0.3 is 30.3 Å². The van der Waals surface area contributed by atoms with E-state index in [1.54, 1.807) is 0 Å². The summed E-state index contributed by atoms with van der Waals surface area (Å²) in [5.74, 6) is 0. The van der Waals surface area contributed by atoms with Crippen LogP contribution in [-0.2, 0) is 9.47 Å². The van der Waals surface area contributed by atoms with Crippen LogP contribution >= 0.6 is 0 Å². The van der Waals surface area contributed by atoms with Gasteiger partial charge in [-0.1, -0.05) is 39.5 Å². The molecule has 0 aromatic heterocycles. The van der Waals surface area contributed by atoms with E-state index in [0.717, 1.165) is 37.1 Å². The predicted octanol–water partition coefficient (Wildman–Crippen LogP) is 3.65. The second-order valence-electron chi connectivity index (χ2n) is 7.21. The highest BCUT2D eigenvalue weighted by Gasteiger charge is 2.06. The van der Waals surface area contributed by atoms with E-state index in [2.05, 4.69) is 24.5 Å². The Balaban J connectivity index is 2.14. The number of benzene rings is 1. The van der Waals surface area contributed by atoms with E-state index in [1.165, 1.54) is 12.8 Å². The molecule has 0 aliphatic carbocycles. The van der Waals surface area contributed by atoms with Crippen molar-refractivity contribution < 1.29 is 19.7 Å². The molecule has 0 bridgehead atoms. The third-order valence-corrected chi connectivity index (χ3v) is 4.37. The van der Waals surface area contributed by atoms with E-state index < -0.39 is 12.2 Å². The third-order valence-electron chi connectivity index (χ3n) is 4.37. The number of aliphatic hydroxyl groups is 2. The lowest BCUT2D eigenvalue weighted by molar-refractivity contribution is 0.0417. The molecule has 1 rings (SSSR count). The Morgan fingerprint density at radius 1 is 0.714 bits per heavy atom. The minimum Gasteiger partial charge on any atom is -0.389 e. The van der Waals surface area contributed by atoms with Gasteiger partial charge in [0.05, 0.1) is 25.4 Å². The maximum absolute atomic E-state index is 9.95. The smallest absolute Gasteiger partial charge is 0.0945 e. The molecular weight excluding hydrogens is 356 g/mol. The molecule has 0 aliphatic heterocycles. The van der Waals surface area contributed by atoms with Gasteiger partial charge >= 0.3 is 0 Å². The van der Waals surface area contributed by atoms with Crippen LogP contribution < -0.4 is 10.6 Å². The summed E-state index contributed by atoms with van der Waals surface area (Å²) in [6, 6.07) is 7.80. The summed E-state index contributed by atoms with van der Waals surface area (Å²) < 4.78 is 10.9. The summed E-state index contributed by atoms with van der Waals surface area (Å²) in [7, 11) is 0. The average molecular weight is 397 g/mol. The van der Waals surface area contributed by atoms with Gasteiger partial charge in [0.15, 0.2) is 0 Å². The number of hydrogen-bond donors (Lipinski definition) is 4. The number of anilines is 2. The van der Waals surface area contributed by atoms with Gasteiger partial charge in [-0.15, -0.1) is 0 Å². The van der Waals surface area contributed by atoms with Crippen LogP contribution in [0.5, 0.6) is 0 Å². The van der Waals surface area contributed by atoms with Crippen molar-refractivity contribution in [3.8, 4) is 0 Å². The van der Waals surface area contributed by atoms with Gasteiger partial charge in [0, 0.05) is 37.7 Å². The van der Waals surface area contributed by atoms with E-state index in [0.29, 0.717) is 39.5 Å². The zero-order valence-corrected chi connectivity index (χ0v) is 17.7. The van der Waals surface area contributed by atoms with Crippen molar-refractivity contribution >= 4 is 11.4 Å². The zero-order valence-electron chi connectivity index (χ0n) is 17.7. The summed E-state index contributed by atoms with van der Waals surface area (Å²) in [5, 5.41) is 26.3. The van der Waals surface area contributed by atoms with Crippen molar-refractivity contribution in [2.24, 2.45) is 0 Å². The van der Waals surface area contributed by atoms with E-state index >= 15 is 0 Å². The summed E-state index contributed by atoms with van der Waals surface area (Å²) >= 11 is 0. The first-order valence-electron chi connectivity index (χ1n) is 10.7. The fourth-order valence-electron chi connectivity index (χ4n) is 2.64. The highest BCUT2D eigenvalue weighted by Crippen LogP contribution is 2.13. The molecule has 6 nitrogen and oxygen atoms in total. The van der Waals surface area contributed by atoms with Crippen LogP contribution in [0.1, 0.15) is 52.4 Å². The number of nitrogens with one attached hydrogen (secondary N) is 2. The largest absolute Gasteiger partial charge is 0.389 e. The molecule has 162 valence electrons. The van der Waals surface area contributed by atoms with Crippen LogP contribution in [0.15, 0.2) is 24.3 Å². The van der Waals surface area contributed by atoms with Crippen molar-refractivity contribution in [3.63, 3.8) is 0 Å². The van der Waals surface area contributed by atoms with Gasteiger partial charge in [0.2, 0.25) is 0 Å². The molecule has 4 N–H and O–H groups in total. The second kappa shape index (κ2) is 16.6. The van der Waals surface area contributed by atoms with Crippen LogP contribution in [0.4, 0.5) is 11.4 Å². The fourth-order valence-corrected chi connectivity index (χ4v) is 2.64. The van der Waals surface area contributed by atoms with Crippen LogP contribution in [0.2, 0.25) is 0 Å². The lowest BCUT2D eigenvalue weighted by atomic mass is 10.2. The van der Waals surface area contributed by atoms with Crippen molar-refractivity contribution in [2.75, 3.05) is 50.2 Å². The van der Waals surface area contributed by atoms with E-state index in [4.69, 9.17) is 9.47 Å². The second-order valence-corrected chi connectivity index (χ2v) is 7.21. The van der Waals surface area contributed by atoms with Crippen molar-refractivity contribution in [2.45, 2.75) is 64.6 Å². The quantitative estimate of drug-likeness (QED) is 0.284. The molecule has 1 aromatic rings. The molecule has 2 unspecified atom stereocenters. The first kappa shape index (κ1) is 24.7. The predicted molar refractivity (Wildman–Crippen MR) is 116 cm³/mol. The van der Waals surface area contributed by atoms with E-state index in [-0.39, 0.29) is 0 Å². The lowest BCUT2D eigenvalue weighted by Gasteiger charge is -2.15. The number of rotatable bonds is 18. The number of unbranched alkanes of at least 4 members (excludes halogenated alkanes) is 4. The summed E-state index contributed by atoms with van der Waals surface area (Å²) in [6.07, 6.45) is 5.72. The van der Waals surface area contributed by atoms with Gasteiger partial charge in [0.1, 0.15) is 0 Å². The molecular formula is C22H40N2O4. The van der Waals surface area contributed by atoms with Crippen LogP contribution in [0.25, 0.3) is 0 Å². The van der Waals surface area contributed by atoms with E-state index in [1.807, 2.05) is 24.3 Å². The van der Waals surface area contributed by atoms with Crippen LogP contribution in [-0.4, -0.2) is 61.9 Å². The number of hydrogen-bond acceptors (Lipinski definition) is 6. The maximum Gasteiger partial charge on any atom is 0.0945 e. The van der Waals surface area contributed by atoms with Gasteiger partial charge in [-0.2, -0.15) is 0 Å². The van der Waals surface area contributed by atoms with Crippen molar-refractivity contribution in [1.82, 2.24) is 0 Å². The molecule has 2 atom stereocenters. The Labute approximate surface area is 170 Å². The Morgan fingerprint density at radius 3 is 1.46 bits per heavy atom. The minimum absolute atomic E-state index is 0.356. The van der Waals surface area contributed by atoms with E-state index in [9.17, 15) is 10.2 Å². The molecule has 0 heterocycles. The molecule has 0 saturated carbocycles. The lowest BCUT2D eigenvalue weighted by Crippen LogP contribution is -2.25. The maximum atomic E-state index is 9.95. The molecule has 0 fully saturated rings. The Kier molecular flexibility index (Phi) is 14.6. The monoisotopic (exact) mass is 396 g/mol. The normalized spacial score (nSPS) is 13.3. The molecule has 0 radical (unpaired) electrons. The average Bonchev–Trinajstić information content (AvgIpc) is 2.71. The Morgan fingerprint density at radius 2 is 1.11 bits per heavy atom. The summed E-state index contributed by atoms with van der Waals surface area (Å²) in [5.41, 5.74) is 1.88. The van der Waals surface area contributed by atoms with Gasteiger partial charge in [0.25, 0.3) is 0 Å². The topological polar surface area (TPSA) is 83.0 Å². The summed E-state index contributed by atoms with van der Waals surface area (Å²) in [6.45, 7) is 7.35. The Bertz CT molecular complexity index is 427. The molecule has 0 aliphatic rings. The standard InChI is InChI=1S/C22H40N2O4/c1-3-5-7-13-27-17-21(25)15-23-19-9-11-20(12-10-19)24-16-22(26)18-28-14-8-6-4-2/h9-12,21-26H,3-8,13-18H2,1-2H3. The third kappa shape index (κ3) is 12.9. The first-order valence-corrected chi connectivity index (χ1v) is 10.7. The van der Waals surface area contributed by atoms with Gasteiger partial charge in [-0.25, -0.2) is 0 Å². The number of ether oxygens (including phenoxy) is 2. The van der Waals surface area contributed by atoms with Gasteiger partial charge in [-0.05, 0) is 37.1 Å². The first-order chi connectivity index (χ1) is 13.7. The van der Waals surface area contributed by atoms with Crippen LogP contribution in [0.3, 0.4) is 0 Å². The van der Waals surface area contributed by atoms with Gasteiger partial charge in [-0.3, -0.25) is 0 Å². The fraction of sp³-hybridized carbons (Fsp3) is 0.727. The minimum atomic E-state index is -0.521. The Hall–Kier alpha value is -1.34. The van der Waals surface area contributed by atoms with Crippen molar-refractivity contribution in [3.05, 3.63) is 24.3 Å². The highest BCUT2D eigenvalue weighted by atomic mass is 16.5. The molecule has 28 heavy (non-hydrogen) atoms. The molecule has 0 saturated heterocycles.